The molecule has 1 aliphatic heterocycles. The standard InChI is InChI=1S/C10H21NO3S/c1-10(2,12)5-6-11-8-9-4-3-7-15(9,13)14/h9,11-12H,3-8H2,1-2H3. The minimum atomic E-state index is -2.83. The van der Waals surface area contributed by atoms with Gasteiger partial charge in [-0.25, -0.2) is 8.42 Å². The average Bonchev–Trinajstić information content (AvgIpc) is 2.37. The van der Waals surface area contributed by atoms with Crippen LogP contribution in [0.5, 0.6) is 0 Å². The lowest BCUT2D eigenvalue weighted by Crippen LogP contribution is -2.33. The molecule has 0 bridgehead atoms. The number of nitrogens with one attached hydrogen (secondary N) is 1. The summed E-state index contributed by atoms with van der Waals surface area (Å²) in [6.07, 6.45) is 2.21. The molecule has 1 rings (SSSR count). The van der Waals surface area contributed by atoms with Crippen LogP contribution in [0.2, 0.25) is 0 Å². The van der Waals surface area contributed by atoms with E-state index in [9.17, 15) is 13.5 Å². The molecule has 1 heterocycles. The molecule has 0 aromatic carbocycles. The zero-order chi connectivity index (χ0) is 11.5. The average molecular weight is 235 g/mol. The van der Waals surface area contributed by atoms with Crippen LogP contribution in [-0.4, -0.2) is 43.2 Å². The summed E-state index contributed by atoms with van der Waals surface area (Å²) in [5, 5.41) is 12.3. The third kappa shape index (κ3) is 4.49. The van der Waals surface area contributed by atoms with Crippen LogP contribution in [-0.2, 0) is 9.84 Å². The lowest BCUT2D eigenvalue weighted by molar-refractivity contribution is 0.0713. The molecule has 0 aromatic heterocycles. The van der Waals surface area contributed by atoms with Crippen molar-refractivity contribution in [1.29, 1.82) is 0 Å². The van der Waals surface area contributed by atoms with Gasteiger partial charge in [-0.05, 0) is 39.7 Å². The summed E-state index contributed by atoms with van der Waals surface area (Å²) in [6, 6.07) is 0. The Morgan fingerprint density at radius 3 is 2.60 bits per heavy atom. The normalized spacial score (nSPS) is 25.7. The van der Waals surface area contributed by atoms with Crippen LogP contribution in [0.15, 0.2) is 0 Å². The zero-order valence-electron chi connectivity index (χ0n) is 9.49. The summed E-state index contributed by atoms with van der Waals surface area (Å²) in [6.45, 7) is 4.69. The van der Waals surface area contributed by atoms with Gasteiger partial charge in [-0.3, -0.25) is 0 Å². The highest BCUT2D eigenvalue weighted by Crippen LogP contribution is 2.19. The van der Waals surface area contributed by atoms with Crippen LogP contribution in [0.25, 0.3) is 0 Å². The lowest BCUT2D eigenvalue weighted by Gasteiger charge is -2.18. The predicted molar refractivity (Wildman–Crippen MR) is 60.6 cm³/mol. The van der Waals surface area contributed by atoms with Crippen LogP contribution in [0.3, 0.4) is 0 Å². The van der Waals surface area contributed by atoms with E-state index in [-0.39, 0.29) is 5.25 Å². The van der Waals surface area contributed by atoms with Crippen LogP contribution in [0, 0.1) is 0 Å². The molecule has 2 N–H and O–H groups in total. The van der Waals surface area contributed by atoms with E-state index in [0.717, 1.165) is 12.8 Å². The van der Waals surface area contributed by atoms with Gasteiger partial charge in [0, 0.05) is 6.54 Å². The first-order valence-electron chi connectivity index (χ1n) is 5.46. The van der Waals surface area contributed by atoms with E-state index in [0.29, 0.717) is 25.3 Å². The van der Waals surface area contributed by atoms with E-state index in [2.05, 4.69) is 5.32 Å². The van der Waals surface area contributed by atoms with Crippen molar-refractivity contribution >= 4 is 9.84 Å². The third-order valence-corrected chi connectivity index (χ3v) is 5.02. The molecule has 1 saturated heterocycles. The number of aliphatic hydroxyl groups is 1. The van der Waals surface area contributed by atoms with E-state index in [1.54, 1.807) is 13.8 Å². The Kier molecular flexibility index (Phi) is 4.14. The third-order valence-electron chi connectivity index (χ3n) is 2.75. The molecule has 1 aliphatic rings. The highest BCUT2D eigenvalue weighted by molar-refractivity contribution is 7.92. The Labute approximate surface area is 92.0 Å². The summed E-state index contributed by atoms with van der Waals surface area (Å²) >= 11 is 0. The van der Waals surface area contributed by atoms with Gasteiger partial charge in [0.05, 0.1) is 16.6 Å². The highest BCUT2D eigenvalue weighted by atomic mass is 32.2. The van der Waals surface area contributed by atoms with Crippen LogP contribution >= 0.6 is 0 Å². The second kappa shape index (κ2) is 4.80. The van der Waals surface area contributed by atoms with Gasteiger partial charge < -0.3 is 10.4 Å². The van der Waals surface area contributed by atoms with Gasteiger partial charge in [0.25, 0.3) is 0 Å². The Hall–Kier alpha value is -0.130. The maximum Gasteiger partial charge on any atom is 0.154 e. The van der Waals surface area contributed by atoms with Crippen LogP contribution in [0.1, 0.15) is 33.1 Å². The molecule has 0 aliphatic carbocycles. The van der Waals surface area contributed by atoms with E-state index >= 15 is 0 Å². The Morgan fingerprint density at radius 1 is 1.47 bits per heavy atom. The van der Waals surface area contributed by atoms with Crippen molar-refractivity contribution in [2.75, 3.05) is 18.8 Å². The minimum absolute atomic E-state index is 0.209. The molecule has 15 heavy (non-hydrogen) atoms. The fraction of sp³-hybridized carbons (Fsp3) is 1.00. The second-order valence-electron chi connectivity index (χ2n) is 4.90. The summed E-state index contributed by atoms with van der Waals surface area (Å²) < 4.78 is 22.9. The topological polar surface area (TPSA) is 66.4 Å². The molecule has 0 saturated carbocycles. The largest absolute Gasteiger partial charge is 0.390 e. The smallest absolute Gasteiger partial charge is 0.154 e. The molecule has 1 atom stereocenters. The van der Waals surface area contributed by atoms with Gasteiger partial charge >= 0.3 is 0 Å². The van der Waals surface area contributed by atoms with Crippen molar-refractivity contribution in [3.8, 4) is 0 Å². The number of rotatable bonds is 5. The van der Waals surface area contributed by atoms with Crippen molar-refractivity contribution in [3.63, 3.8) is 0 Å². The molecular formula is C10H21NO3S. The predicted octanol–water partition coefficient (Wildman–Crippen LogP) is 0.314. The van der Waals surface area contributed by atoms with Gasteiger partial charge in [-0.1, -0.05) is 0 Å². The van der Waals surface area contributed by atoms with Crippen molar-refractivity contribution in [3.05, 3.63) is 0 Å². The lowest BCUT2D eigenvalue weighted by atomic mass is 10.1. The molecule has 1 fully saturated rings. The maximum atomic E-state index is 11.5. The van der Waals surface area contributed by atoms with Gasteiger partial charge in [0.2, 0.25) is 0 Å². The van der Waals surface area contributed by atoms with Gasteiger partial charge in [-0.2, -0.15) is 0 Å². The molecule has 0 amide bonds. The van der Waals surface area contributed by atoms with E-state index < -0.39 is 15.4 Å². The first kappa shape index (κ1) is 12.9. The molecule has 4 nitrogen and oxygen atoms in total. The van der Waals surface area contributed by atoms with Crippen molar-refractivity contribution < 1.29 is 13.5 Å². The van der Waals surface area contributed by atoms with Crippen molar-refractivity contribution in [1.82, 2.24) is 5.32 Å². The van der Waals surface area contributed by atoms with Crippen LogP contribution in [0.4, 0.5) is 0 Å². The highest BCUT2D eigenvalue weighted by Gasteiger charge is 2.30. The second-order valence-corrected chi connectivity index (χ2v) is 7.30. The van der Waals surface area contributed by atoms with Gasteiger partial charge in [0.1, 0.15) is 0 Å². The Bertz CT molecular complexity index is 292. The number of hydrogen-bond acceptors (Lipinski definition) is 4. The Morgan fingerprint density at radius 2 is 2.13 bits per heavy atom. The van der Waals surface area contributed by atoms with Crippen LogP contribution < -0.4 is 5.32 Å². The van der Waals surface area contributed by atoms with E-state index in [1.165, 1.54) is 0 Å². The summed E-state index contributed by atoms with van der Waals surface area (Å²) in [5.74, 6) is 0.338. The quantitative estimate of drug-likeness (QED) is 0.673. The summed E-state index contributed by atoms with van der Waals surface area (Å²) in [7, 11) is -2.83. The minimum Gasteiger partial charge on any atom is -0.390 e. The SMILES string of the molecule is CC(C)(O)CCNCC1CCCS1(=O)=O. The number of hydrogen-bond donors (Lipinski definition) is 2. The van der Waals surface area contributed by atoms with E-state index in [1.807, 2.05) is 0 Å². The molecule has 0 aromatic rings. The molecule has 90 valence electrons. The summed E-state index contributed by atoms with van der Waals surface area (Å²) in [5.41, 5.74) is -0.679. The first-order chi connectivity index (χ1) is 6.81. The monoisotopic (exact) mass is 235 g/mol. The molecule has 5 heteroatoms. The zero-order valence-corrected chi connectivity index (χ0v) is 10.3. The summed E-state index contributed by atoms with van der Waals surface area (Å²) in [4.78, 5) is 0. The number of sulfone groups is 1. The fourth-order valence-electron chi connectivity index (χ4n) is 1.74. The van der Waals surface area contributed by atoms with Gasteiger partial charge in [0.15, 0.2) is 9.84 Å². The Balaban J connectivity index is 2.21. The van der Waals surface area contributed by atoms with Crippen molar-refractivity contribution in [2.24, 2.45) is 0 Å². The first-order valence-corrected chi connectivity index (χ1v) is 7.17. The van der Waals surface area contributed by atoms with Crippen molar-refractivity contribution in [2.45, 2.75) is 44.0 Å². The molecule has 0 radical (unpaired) electrons. The molecular weight excluding hydrogens is 214 g/mol. The fourth-order valence-corrected chi connectivity index (χ4v) is 3.54. The van der Waals surface area contributed by atoms with E-state index in [4.69, 9.17) is 0 Å². The molecule has 1 unspecified atom stereocenters. The van der Waals surface area contributed by atoms with Gasteiger partial charge in [-0.15, -0.1) is 0 Å². The molecule has 0 spiro atoms. The maximum absolute atomic E-state index is 11.5.